The first-order chi connectivity index (χ1) is 14.2. The van der Waals surface area contributed by atoms with Gasteiger partial charge < -0.3 is 20.1 Å². The molecule has 2 aromatic carbocycles. The Labute approximate surface area is 174 Å². The van der Waals surface area contributed by atoms with Crippen LogP contribution < -0.4 is 24.8 Å². The first kappa shape index (κ1) is 21.6. The molecule has 9 nitrogen and oxygen atoms in total. The first-order valence-electron chi connectivity index (χ1n) is 9.23. The number of nitrogens with one attached hydrogen (secondary N) is 3. The molecule has 0 fully saturated rings. The Morgan fingerprint density at radius 1 is 1.17 bits per heavy atom. The summed E-state index contributed by atoms with van der Waals surface area (Å²) >= 11 is 0. The number of hydrogen-bond donors (Lipinski definition) is 3. The van der Waals surface area contributed by atoms with Gasteiger partial charge in [0.05, 0.1) is 29.8 Å². The molecule has 0 aliphatic carbocycles. The molecule has 0 aromatic heterocycles. The monoisotopic (exact) mass is 433 g/mol. The highest BCUT2D eigenvalue weighted by molar-refractivity contribution is 7.89. The maximum Gasteiger partial charge on any atom is 0.262 e. The van der Waals surface area contributed by atoms with Gasteiger partial charge in [-0.1, -0.05) is 6.07 Å². The van der Waals surface area contributed by atoms with Crippen molar-refractivity contribution >= 4 is 27.5 Å². The van der Waals surface area contributed by atoms with Gasteiger partial charge in [-0.15, -0.1) is 0 Å². The second kappa shape index (κ2) is 8.72. The average molecular weight is 433 g/mol. The fourth-order valence-electron chi connectivity index (χ4n) is 2.90. The second-order valence-electron chi connectivity index (χ2n) is 6.84. The van der Waals surface area contributed by atoms with E-state index in [4.69, 9.17) is 9.47 Å². The Balaban J connectivity index is 1.64. The van der Waals surface area contributed by atoms with Crippen molar-refractivity contribution in [2.45, 2.75) is 30.8 Å². The molecule has 1 heterocycles. The summed E-state index contributed by atoms with van der Waals surface area (Å²) in [6.07, 6.45) is 0. The van der Waals surface area contributed by atoms with Crippen LogP contribution in [0.2, 0.25) is 0 Å². The van der Waals surface area contributed by atoms with Crippen molar-refractivity contribution in [2.75, 3.05) is 19.0 Å². The van der Waals surface area contributed by atoms with E-state index in [1.54, 1.807) is 25.1 Å². The van der Waals surface area contributed by atoms with E-state index in [1.807, 2.05) is 0 Å². The molecule has 1 aliphatic heterocycles. The standard InChI is InChI=1S/C20H23N3O6S/c1-12(14-4-9-18-17(10-14)22-19(24)11-29-18)21-20(25)13(2)23-30(26,27)16-7-5-15(28-3)6-8-16/h4-10,12-13,23H,11H2,1-3H3,(H,21,25)(H,22,24)/t12?,13-/m0/s1. The van der Waals surface area contributed by atoms with Crippen molar-refractivity contribution in [3.05, 3.63) is 48.0 Å². The van der Waals surface area contributed by atoms with E-state index in [2.05, 4.69) is 15.4 Å². The predicted molar refractivity (Wildman–Crippen MR) is 110 cm³/mol. The van der Waals surface area contributed by atoms with Gasteiger partial charge in [-0.05, 0) is 55.8 Å². The van der Waals surface area contributed by atoms with Crippen LogP contribution in [0.4, 0.5) is 5.69 Å². The molecule has 0 saturated heterocycles. The van der Waals surface area contributed by atoms with Gasteiger partial charge in [0.15, 0.2) is 6.61 Å². The van der Waals surface area contributed by atoms with Gasteiger partial charge in [-0.2, -0.15) is 4.72 Å². The van der Waals surface area contributed by atoms with Crippen LogP contribution in [0.15, 0.2) is 47.4 Å². The molecule has 10 heteroatoms. The third-order valence-electron chi connectivity index (χ3n) is 4.59. The maximum absolute atomic E-state index is 12.5. The number of rotatable bonds is 7. The number of benzene rings is 2. The number of ether oxygens (including phenoxy) is 2. The van der Waals surface area contributed by atoms with Crippen molar-refractivity contribution in [1.82, 2.24) is 10.0 Å². The number of amides is 2. The zero-order chi connectivity index (χ0) is 21.9. The lowest BCUT2D eigenvalue weighted by molar-refractivity contribution is -0.123. The molecule has 0 radical (unpaired) electrons. The van der Waals surface area contributed by atoms with Crippen LogP contribution in [-0.2, 0) is 19.6 Å². The minimum Gasteiger partial charge on any atom is -0.497 e. The average Bonchev–Trinajstić information content (AvgIpc) is 2.72. The van der Waals surface area contributed by atoms with E-state index in [1.165, 1.54) is 38.3 Å². The number of fused-ring (bicyclic) bond motifs is 1. The van der Waals surface area contributed by atoms with Gasteiger partial charge >= 0.3 is 0 Å². The molecule has 3 N–H and O–H groups in total. The minimum atomic E-state index is -3.88. The van der Waals surface area contributed by atoms with E-state index in [0.29, 0.717) is 17.2 Å². The van der Waals surface area contributed by atoms with Crippen molar-refractivity contribution in [3.63, 3.8) is 0 Å². The summed E-state index contributed by atoms with van der Waals surface area (Å²) in [5.74, 6) is 0.341. The molecular formula is C20H23N3O6S. The van der Waals surface area contributed by atoms with Gasteiger partial charge in [0.25, 0.3) is 5.91 Å². The largest absolute Gasteiger partial charge is 0.497 e. The van der Waals surface area contributed by atoms with E-state index < -0.39 is 28.0 Å². The number of sulfonamides is 1. The maximum atomic E-state index is 12.5. The normalized spacial score (nSPS) is 15.2. The lowest BCUT2D eigenvalue weighted by atomic mass is 10.1. The number of methoxy groups -OCH3 is 1. The van der Waals surface area contributed by atoms with Crippen molar-refractivity contribution in [1.29, 1.82) is 0 Å². The van der Waals surface area contributed by atoms with Crippen molar-refractivity contribution in [3.8, 4) is 11.5 Å². The minimum absolute atomic E-state index is 0.0291. The summed E-state index contributed by atoms with van der Waals surface area (Å²) in [5.41, 5.74) is 1.26. The number of hydrogen-bond acceptors (Lipinski definition) is 6. The van der Waals surface area contributed by atoms with E-state index in [0.717, 1.165) is 5.56 Å². The van der Waals surface area contributed by atoms with E-state index in [9.17, 15) is 18.0 Å². The lowest BCUT2D eigenvalue weighted by Gasteiger charge is -2.22. The quantitative estimate of drug-likeness (QED) is 0.609. The SMILES string of the molecule is COc1ccc(S(=O)(=O)N[C@@H](C)C(=O)NC(C)c2ccc3c(c2)NC(=O)CO3)cc1. The molecule has 0 saturated carbocycles. The summed E-state index contributed by atoms with van der Waals surface area (Å²) in [7, 11) is -2.39. The van der Waals surface area contributed by atoms with Gasteiger partial charge in [-0.3, -0.25) is 9.59 Å². The summed E-state index contributed by atoms with van der Waals surface area (Å²) in [5, 5.41) is 5.48. The van der Waals surface area contributed by atoms with Gasteiger partial charge in [0.1, 0.15) is 11.5 Å². The zero-order valence-corrected chi connectivity index (χ0v) is 17.6. The Morgan fingerprint density at radius 2 is 1.87 bits per heavy atom. The third-order valence-corrected chi connectivity index (χ3v) is 6.15. The van der Waals surface area contributed by atoms with Crippen LogP contribution in [0, 0.1) is 0 Å². The molecule has 2 atom stereocenters. The molecule has 0 bridgehead atoms. The molecule has 2 aromatic rings. The lowest BCUT2D eigenvalue weighted by Crippen LogP contribution is -2.45. The summed E-state index contributed by atoms with van der Waals surface area (Å²) in [4.78, 5) is 24.0. The van der Waals surface area contributed by atoms with Crippen LogP contribution in [0.3, 0.4) is 0 Å². The molecule has 0 spiro atoms. The Morgan fingerprint density at radius 3 is 2.53 bits per heavy atom. The van der Waals surface area contributed by atoms with Crippen LogP contribution in [0.25, 0.3) is 0 Å². The van der Waals surface area contributed by atoms with E-state index in [-0.39, 0.29) is 17.4 Å². The Hall–Kier alpha value is -3.11. The number of carbonyl (C=O) groups is 2. The van der Waals surface area contributed by atoms with Crippen molar-refractivity contribution in [2.24, 2.45) is 0 Å². The molecule has 160 valence electrons. The number of anilines is 1. The molecular weight excluding hydrogens is 410 g/mol. The van der Waals surface area contributed by atoms with Crippen LogP contribution in [0.5, 0.6) is 11.5 Å². The van der Waals surface area contributed by atoms with Crippen LogP contribution >= 0.6 is 0 Å². The predicted octanol–water partition coefficient (Wildman–Crippen LogP) is 1.57. The summed E-state index contributed by atoms with van der Waals surface area (Å²) < 4.78 is 37.7. The molecule has 1 aliphatic rings. The fraction of sp³-hybridized carbons (Fsp3) is 0.300. The molecule has 2 amide bonds. The highest BCUT2D eigenvalue weighted by Crippen LogP contribution is 2.30. The molecule has 1 unspecified atom stereocenters. The van der Waals surface area contributed by atoms with Crippen molar-refractivity contribution < 1.29 is 27.5 Å². The Bertz CT molecular complexity index is 1050. The highest BCUT2D eigenvalue weighted by Gasteiger charge is 2.24. The molecule has 30 heavy (non-hydrogen) atoms. The summed E-state index contributed by atoms with van der Waals surface area (Å²) in [6, 6.07) is 9.63. The van der Waals surface area contributed by atoms with Crippen LogP contribution in [-0.4, -0.2) is 40.0 Å². The Kier molecular flexibility index (Phi) is 6.28. The number of carbonyl (C=O) groups excluding carboxylic acids is 2. The first-order valence-corrected chi connectivity index (χ1v) is 10.7. The smallest absolute Gasteiger partial charge is 0.262 e. The second-order valence-corrected chi connectivity index (χ2v) is 8.56. The van der Waals surface area contributed by atoms with Gasteiger partial charge in [0, 0.05) is 0 Å². The topological polar surface area (TPSA) is 123 Å². The summed E-state index contributed by atoms with van der Waals surface area (Å²) in [6.45, 7) is 3.18. The zero-order valence-electron chi connectivity index (χ0n) is 16.8. The third kappa shape index (κ3) is 4.89. The molecule has 3 rings (SSSR count). The van der Waals surface area contributed by atoms with E-state index >= 15 is 0 Å². The van der Waals surface area contributed by atoms with Gasteiger partial charge in [-0.25, -0.2) is 8.42 Å². The fourth-order valence-corrected chi connectivity index (χ4v) is 4.10. The van der Waals surface area contributed by atoms with Crippen LogP contribution in [0.1, 0.15) is 25.5 Å². The van der Waals surface area contributed by atoms with Gasteiger partial charge in [0.2, 0.25) is 15.9 Å². The highest BCUT2D eigenvalue weighted by atomic mass is 32.2.